The summed E-state index contributed by atoms with van der Waals surface area (Å²) in [5.41, 5.74) is 1.23. The molecule has 1 aliphatic rings. The molecule has 2 heterocycles. The lowest BCUT2D eigenvalue weighted by atomic mass is 9.91. The summed E-state index contributed by atoms with van der Waals surface area (Å²) in [5, 5.41) is 3.03. The fourth-order valence-electron chi connectivity index (χ4n) is 2.95. The van der Waals surface area contributed by atoms with E-state index in [1.165, 1.54) is 11.0 Å². The highest BCUT2D eigenvalue weighted by Crippen LogP contribution is 2.17. The monoisotopic (exact) mass is 315 g/mol. The van der Waals surface area contributed by atoms with Crippen LogP contribution in [0.1, 0.15) is 48.3 Å². The zero-order chi connectivity index (χ0) is 17.3. The summed E-state index contributed by atoms with van der Waals surface area (Å²) in [6.07, 6.45) is 5.51. The van der Waals surface area contributed by atoms with Crippen LogP contribution in [0.25, 0.3) is 5.95 Å². The molecule has 1 saturated carbocycles. The average Bonchev–Trinajstić information content (AvgIpc) is 2.80. The van der Waals surface area contributed by atoms with E-state index in [0.29, 0.717) is 5.69 Å². The van der Waals surface area contributed by atoms with E-state index >= 15 is 0 Å². The lowest BCUT2D eigenvalue weighted by Crippen LogP contribution is -2.37. The first-order chi connectivity index (χ1) is 11.5. The molecule has 1 fully saturated rings. The van der Waals surface area contributed by atoms with Crippen molar-refractivity contribution >= 4 is 46.4 Å². The molecule has 2 aromatic heterocycles. The lowest BCUT2D eigenvalue weighted by Gasteiger charge is -2.22. The molecule has 6 radical (unpaired) electrons. The zero-order valence-electron chi connectivity index (χ0n) is 13.6. The Bertz CT molecular complexity index is 771. The number of hydrogen-bond donors (Lipinski definition) is 1. The van der Waals surface area contributed by atoms with Crippen LogP contribution in [0, 0.1) is 6.92 Å². The molecule has 0 bridgehead atoms. The Labute approximate surface area is 145 Å². The van der Waals surface area contributed by atoms with Gasteiger partial charge >= 0.3 is 0 Å². The number of imidazole rings is 1. The summed E-state index contributed by atoms with van der Waals surface area (Å²) in [6, 6.07) is 1.83. The normalized spacial score (nSPS) is 15.4. The number of nitrogens with zero attached hydrogens (tertiary/aromatic N) is 4. The molecule has 0 aromatic carbocycles. The lowest BCUT2D eigenvalue weighted by molar-refractivity contribution is 0.0922. The number of amides is 1. The molecule has 116 valence electrons. The molecular weight excluding hydrogens is 299 g/mol. The van der Waals surface area contributed by atoms with Crippen LogP contribution >= 0.6 is 0 Å². The minimum absolute atomic E-state index is 0.0780. The Morgan fingerprint density at radius 3 is 2.50 bits per heavy atom. The molecule has 0 aliphatic heterocycles. The van der Waals surface area contributed by atoms with Gasteiger partial charge in [0.15, 0.2) is 7.85 Å². The second kappa shape index (κ2) is 6.83. The maximum atomic E-state index is 12.5. The predicted molar refractivity (Wildman–Crippen MR) is 94.4 cm³/mol. The van der Waals surface area contributed by atoms with Gasteiger partial charge in [0.25, 0.3) is 5.91 Å². The molecule has 9 heteroatoms. The van der Waals surface area contributed by atoms with Gasteiger partial charge in [-0.3, -0.25) is 14.3 Å². The molecule has 1 aliphatic carbocycles. The Hall–Kier alpha value is -2.05. The smallest absolute Gasteiger partial charge is 0.270 e. The predicted octanol–water partition coefficient (Wildman–Crippen LogP) is -1.59. The van der Waals surface area contributed by atoms with Crippen LogP contribution in [0.3, 0.4) is 0 Å². The van der Waals surface area contributed by atoms with Gasteiger partial charge in [0, 0.05) is 11.7 Å². The number of aromatic nitrogens is 4. The third-order valence-electron chi connectivity index (χ3n) is 4.18. The first kappa shape index (κ1) is 16.8. The van der Waals surface area contributed by atoms with Gasteiger partial charge in [-0.2, -0.15) is 0 Å². The van der Waals surface area contributed by atoms with Crippen LogP contribution in [0.5, 0.6) is 0 Å². The van der Waals surface area contributed by atoms with E-state index in [9.17, 15) is 4.79 Å². The molecule has 1 N–H and O–H groups in total. The maximum absolute atomic E-state index is 12.5. The van der Waals surface area contributed by atoms with E-state index in [4.69, 9.17) is 23.5 Å². The van der Waals surface area contributed by atoms with E-state index in [2.05, 4.69) is 20.3 Å². The van der Waals surface area contributed by atoms with Gasteiger partial charge in [-0.15, -0.1) is 0 Å². The molecule has 0 unspecified atom stereocenters. The number of rotatable bonds is 3. The van der Waals surface area contributed by atoms with Crippen LogP contribution in [0.15, 0.2) is 6.07 Å². The second-order valence-electron chi connectivity index (χ2n) is 6.08. The van der Waals surface area contributed by atoms with E-state index in [1.807, 2.05) is 0 Å². The number of aryl methyl sites for hydroxylation is 1. The van der Waals surface area contributed by atoms with Gasteiger partial charge in [0.2, 0.25) is 5.95 Å². The van der Waals surface area contributed by atoms with E-state index in [1.54, 1.807) is 13.0 Å². The fourth-order valence-corrected chi connectivity index (χ4v) is 2.95. The molecule has 24 heavy (non-hydrogen) atoms. The fraction of sp³-hybridized carbons (Fsp3) is 0.467. The van der Waals surface area contributed by atoms with Gasteiger partial charge in [-0.1, -0.05) is 19.3 Å². The molecule has 6 nitrogen and oxygen atoms in total. The molecular formula is C15H16B3N5O. The topological polar surface area (TPSA) is 72.7 Å². The number of carbonyl (C=O) groups is 1. The third kappa shape index (κ3) is 3.39. The Morgan fingerprint density at radius 1 is 1.17 bits per heavy atom. The highest BCUT2D eigenvalue weighted by Gasteiger charge is 2.19. The van der Waals surface area contributed by atoms with Crippen molar-refractivity contribution in [3.63, 3.8) is 0 Å². The minimum atomic E-state index is -0.223. The van der Waals surface area contributed by atoms with E-state index in [0.717, 1.165) is 25.7 Å². The van der Waals surface area contributed by atoms with Gasteiger partial charge in [-0.05, 0) is 37.0 Å². The number of hydrogen-bond acceptors (Lipinski definition) is 4. The molecule has 0 atom stereocenters. The minimum Gasteiger partial charge on any atom is -0.348 e. The van der Waals surface area contributed by atoms with Crippen molar-refractivity contribution in [2.75, 3.05) is 0 Å². The van der Waals surface area contributed by atoms with Crippen LogP contribution < -0.4 is 22.2 Å². The van der Waals surface area contributed by atoms with Crippen LogP contribution in [0.4, 0.5) is 0 Å². The third-order valence-corrected chi connectivity index (χ3v) is 4.18. The van der Waals surface area contributed by atoms with Crippen molar-refractivity contribution in [1.82, 2.24) is 24.8 Å². The van der Waals surface area contributed by atoms with Crippen LogP contribution in [-0.2, 0) is 0 Å². The highest BCUT2D eigenvalue weighted by molar-refractivity contribution is 6.48. The van der Waals surface area contributed by atoms with Crippen molar-refractivity contribution < 1.29 is 4.79 Å². The van der Waals surface area contributed by atoms with Crippen LogP contribution in [0.2, 0.25) is 0 Å². The first-order valence-corrected chi connectivity index (χ1v) is 8.02. The van der Waals surface area contributed by atoms with Gasteiger partial charge in [-0.25, -0.2) is 9.97 Å². The summed E-state index contributed by atoms with van der Waals surface area (Å²) in [5.74, 6) is -0.0399. The Kier molecular flexibility index (Phi) is 4.78. The molecule has 0 saturated heterocycles. The molecule has 1 amide bonds. The quantitative estimate of drug-likeness (QED) is 0.694. The van der Waals surface area contributed by atoms with Crippen molar-refractivity contribution in [2.24, 2.45) is 0 Å². The summed E-state index contributed by atoms with van der Waals surface area (Å²) in [6.45, 7) is 1.77. The van der Waals surface area contributed by atoms with Crippen LogP contribution in [-0.4, -0.2) is 55.0 Å². The Balaban J connectivity index is 1.89. The van der Waals surface area contributed by atoms with Crippen molar-refractivity contribution in [2.45, 2.75) is 45.1 Å². The zero-order valence-corrected chi connectivity index (χ0v) is 13.6. The summed E-state index contributed by atoms with van der Waals surface area (Å²) < 4.78 is 1.33. The average molecular weight is 315 g/mol. The largest absolute Gasteiger partial charge is 0.348 e. The molecule has 3 rings (SSSR count). The van der Waals surface area contributed by atoms with Gasteiger partial charge in [0.1, 0.15) is 21.4 Å². The second-order valence-corrected chi connectivity index (χ2v) is 6.08. The summed E-state index contributed by atoms with van der Waals surface area (Å²) >= 11 is 0. The number of nitrogens with one attached hydrogen (secondary N) is 1. The summed E-state index contributed by atoms with van der Waals surface area (Å²) in [7, 11) is 17.4. The van der Waals surface area contributed by atoms with Gasteiger partial charge in [0.05, 0.1) is 5.72 Å². The van der Waals surface area contributed by atoms with Gasteiger partial charge < -0.3 is 5.32 Å². The SMILES string of the molecule is [B]c1nc([B])n(-c2nc(C)cc(C(=O)NC3CCCCC3)n2)c1[B]. The van der Waals surface area contributed by atoms with E-state index in [-0.39, 0.29) is 40.5 Å². The maximum Gasteiger partial charge on any atom is 0.270 e. The number of carbonyl (C=O) groups excluding carboxylic acids is 1. The molecule has 2 aromatic rings. The molecule has 0 spiro atoms. The van der Waals surface area contributed by atoms with Crippen molar-refractivity contribution in [1.29, 1.82) is 0 Å². The highest BCUT2D eigenvalue weighted by atomic mass is 16.1. The van der Waals surface area contributed by atoms with E-state index < -0.39 is 0 Å². The Morgan fingerprint density at radius 2 is 1.88 bits per heavy atom. The van der Waals surface area contributed by atoms with Crippen molar-refractivity contribution in [3.8, 4) is 5.95 Å². The van der Waals surface area contributed by atoms with Crippen molar-refractivity contribution in [3.05, 3.63) is 17.5 Å². The first-order valence-electron chi connectivity index (χ1n) is 8.02. The standard InChI is InChI=1S/C15H16B3N5O/c1-8-7-10(13(24)20-9-5-3-2-4-6-9)21-15(19-8)23-12(17)11(16)22-14(23)18/h7,9H,2-6H2,1H3,(H,20,24). The summed E-state index contributed by atoms with van der Waals surface area (Å²) in [4.78, 5) is 25.0.